The summed E-state index contributed by atoms with van der Waals surface area (Å²) in [6.07, 6.45) is 0. The highest BCUT2D eigenvalue weighted by molar-refractivity contribution is 5.86. The third-order valence-electron chi connectivity index (χ3n) is 9.00. The summed E-state index contributed by atoms with van der Waals surface area (Å²) < 4.78 is 0. The van der Waals surface area contributed by atoms with E-state index in [0.29, 0.717) is 0 Å². The molecule has 0 aliphatic carbocycles. The standard InChI is InChI=1S/C12H12.C10H14.2C9H12.C8H10/c1-9-7-8-11-5-3-4-6-12(11)10(9)2;1-7-5-8(2)10(4)9(3)6-7;1-7-4-8(2)6-9(3)5-7;1-7-5-4-6-8(2)9(7)3;1-7-3-5-8(2)6-4-7/h3-8H,1-2H3;5-6H,1-4H3;2*4-6H,1-3H3;3-6H,1-2H3. The largest absolute Gasteiger partial charge is 0.0617 e. The van der Waals surface area contributed by atoms with Gasteiger partial charge in [0.15, 0.2) is 0 Å². The van der Waals surface area contributed by atoms with Gasteiger partial charge in [-0.3, -0.25) is 0 Å². The number of hydrogen-bond donors (Lipinski definition) is 0. The summed E-state index contributed by atoms with van der Waals surface area (Å²) >= 11 is 0. The number of rotatable bonds is 0. The molecule has 0 spiro atoms. The Morgan fingerprint density at radius 2 is 0.625 bits per heavy atom. The van der Waals surface area contributed by atoms with Crippen molar-refractivity contribution in [3.8, 4) is 0 Å². The zero-order valence-electron chi connectivity index (χ0n) is 32.4. The first-order valence-electron chi connectivity index (χ1n) is 17.2. The zero-order chi connectivity index (χ0) is 36.0. The van der Waals surface area contributed by atoms with E-state index in [9.17, 15) is 0 Å². The van der Waals surface area contributed by atoms with E-state index in [4.69, 9.17) is 0 Å². The summed E-state index contributed by atoms with van der Waals surface area (Å²) in [5, 5.41) is 2.71. The lowest BCUT2D eigenvalue weighted by atomic mass is 10.0. The van der Waals surface area contributed by atoms with Crippen LogP contribution in [-0.2, 0) is 0 Å². The molecule has 0 saturated heterocycles. The second kappa shape index (κ2) is 19.4. The molecular formula is C48H60. The monoisotopic (exact) mass is 636 g/mol. The molecular weight excluding hydrogens is 577 g/mol. The minimum atomic E-state index is 1.33. The van der Waals surface area contributed by atoms with Crippen molar-refractivity contribution < 1.29 is 0 Å². The molecule has 0 amide bonds. The molecule has 0 fully saturated rings. The van der Waals surface area contributed by atoms with Gasteiger partial charge >= 0.3 is 0 Å². The Labute approximate surface area is 293 Å². The number of hydrogen-bond acceptors (Lipinski definition) is 0. The second-order valence-electron chi connectivity index (χ2n) is 13.6. The van der Waals surface area contributed by atoms with E-state index >= 15 is 0 Å². The van der Waals surface area contributed by atoms with Gasteiger partial charge in [0.05, 0.1) is 0 Å². The summed E-state index contributed by atoms with van der Waals surface area (Å²) in [6, 6.07) is 38.7. The Morgan fingerprint density at radius 1 is 0.250 bits per heavy atom. The third kappa shape index (κ3) is 13.4. The van der Waals surface area contributed by atoms with Crippen LogP contribution in [0.4, 0.5) is 0 Å². The molecule has 0 aromatic heterocycles. The molecule has 6 aromatic carbocycles. The van der Waals surface area contributed by atoms with Crippen molar-refractivity contribution in [1.82, 2.24) is 0 Å². The molecule has 0 unspecified atom stereocenters. The van der Waals surface area contributed by atoms with Gasteiger partial charge < -0.3 is 0 Å². The molecule has 0 N–H and O–H groups in total. The van der Waals surface area contributed by atoms with Gasteiger partial charge in [-0.1, -0.05) is 143 Å². The Bertz CT molecular complexity index is 1770. The molecule has 6 rings (SSSR count). The Kier molecular flexibility index (Phi) is 16.1. The van der Waals surface area contributed by atoms with Gasteiger partial charge in [0.1, 0.15) is 0 Å². The Balaban J connectivity index is 0.000000210. The average molecular weight is 637 g/mol. The van der Waals surface area contributed by atoms with Crippen LogP contribution in [0.1, 0.15) is 77.9 Å². The molecule has 0 nitrogen and oxygen atoms in total. The predicted octanol–water partition coefficient (Wildman–Crippen LogP) is 13.9. The van der Waals surface area contributed by atoms with Crippen molar-refractivity contribution in [3.05, 3.63) is 187 Å². The minimum Gasteiger partial charge on any atom is -0.0617 e. The van der Waals surface area contributed by atoms with Crippen molar-refractivity contribution in [2.45, 2.75) is 96.9 Å². The van der Waals surface area contributed by atoms with Crippen LogP contribution in [0.25, 0.3) is 10.8 Å². The summed E-state index contributed by atoms with van der Waals surface area (Å²) in [5.74, 6) is 0. The predicted molar refractivity (Wildman–Crippen MR) is 216 cm³/mol. The van der Waals surface area contributed by atoms with Crippen LogP contribution in [0, 0.1) is 96.9 Å². The fourth-order valence-electron chi connectivity index (χ4n) is 5.53. The van der Waals surface area contributed by atoms with E-state index in [2.05, 4.69) is 206 Å². The van der Waals surface area contributed by atoms with Crippen LogP contribution in [0.2, 0.25) is 0 Å². The summed E-state index contributed by atoms with van der Waals surface area (Å²) in [5.41, 5.74) is 19.3. The van der Waals surface area contributed by atoms with Gasteiger partial charge in [-0.15, -0.1) is 0 Å². The Morgan fingerprint density at radius 3 is 1.06 bits per heavy atom. The van der Waals surface area contributed by atoms with Crippen molar-refractivity contribution in [1.29, 1.82) is 0 Å². The number of benzene rings is 6. The van der Waals surface area contributed by atoms with E-state index < -0.39 is 0 Å². The maximum atomic E-state index is 2.22. The smallest absolute Gasteiger partial charge is 0.0152 e. The maximum absolute atomic E-state index is 2.22. The lowest BCUT2D eigenvalue weighted by molar-refractivity contribution is 1.23. The first-order chi connectivity index (χ1) is 22.6. The highest BCUT2D eigenvalue weighted by Crippen LogP contribution is 2.20. The zero-order valence-corrected chi connectivity index (χ0v) is 32.4. The van der Waals surface area contributed by atoms with Crippen LogP contribution in [-0.4, -0.2) is 0 Å². The first kappa shape index (κ1) is 39.8. The van der Waals surface area contributed by atoms with Crippen LogP contribution < -0.4 is 0 Å². The van der Waals surface area contributed by atoms with Crippen LogP contribution in [0.3, 0.4) is 0 Å². The molecule has 0 radical (unpaired) electrons. The fourth-order valence-corrected chi connectivity index (χ4v) is 5.53. The SMILES string of the molecule is Cc1cc(C)c(C)c(C)c1.Cc1cc(C)cc(C)c1.Cc1ccc(C)cc1.Cc1ccc2ccccc2c1C.Cc1cccc(C)c1C. The molecule has 48 heavy (non-hydrogen) atoms. The van der Waals surface area contributed by atoms with E-state index in [1.54, 1.807) is 0 Å². The molecule has 0 aliphatic rings. The number of fused-ring (bicyclic) bond motifs is 1. The van der Waals surface area contributed by atoms with Crippen LogP contribution >= 0.6 is 0 Å². The van der Waals surface area contributed by atoms with Gasteiger partial charge in [0, 0.05) is 0 Å². The van der Waals surface area contributed by atoms with E-state index in [1.165, 1.54) is 88.7 Å². The lowest BCUT2D eigenvalue weighted by Crippen LogP contribution is -1.86. The van der Waals surface area contributed by atoms with Crippen LogP contribution in [0.5, 0.6) is 0 Å². The first-order valence-corrected chi connectivity index (χ1v) is 17.2. The van der Waals surface area contributed by atoms with Crippen molar-refractivity contribution in [3.63, 3.8) is 0 Å². The molecule has 0 heteroatoms. The van der Waals surface area contributed by atoms with Gasteiger partial charge in [-0.25, -0.2) is 0 Å². The van der Waals surface area contributed by atoms with Gasteiger partial charge in [0.25, 0.3) is 0 Å². The third-order valence-corrected chi connectivity index (χ3v) is 9.00. The summed E-state index contributed by atoms with van der Waals surface area (Å²) in [6.45, 7) is 30.0. The number of aryl methyl sites for hydroxylation is 12. The lowest BCUT2D eigenvalue weighted by Gasteiger charge is -2.04. The highest BCUT2D eigenvalue weighted by atomic mass is 14.0. The van der Waals surface area contributed by atoms with Crippen molar-refractivity contribution >= 4 is 10.8 Å². The molecule has 0 bridgehead atoms. The average Bonchev–Trinajstić information content (AvgIpc) is 3.02. The molecule has 0 atom stereocenters. The molecule has 0 saturated carbocycles. The quantitative estimate of drug-likeness (QED) is 0.156. The Hall–Kier alpha value is -4.42. The maximum Gasteiger partial charge on any atom is -0.0152 e. The molecule has 6 aromatic rings. The summed E-state index contributed by atoms with van der Waals surface area (Å²) in [7, 11) is 0. The molecule has 0 heterocycles. The second-order valence-corrected chi connectivity index (χ2v) is 13.6. The van der Waals surface area contributed by atoms with Gasteiger partial charge in [-0.05, 0) is 152 Å². The fraction of sp³-hybridized carbons (Fsp3) is 0.292. The summed E-state index contributed by atoms with van der Waals surface area (Å²) in [4.78, 5) is 0. The van der Waals surface area contributed by atoms with Crippen molar-refractivity contribution in [2.24, 2.45) is 0 Å². The molecule has 0 aliphatic heterocycles. The normalized spacial score (nSPS) is 9.88. The van der Waals surface area contributed by atoms with Gasteiger partial charge in [-0.2, -0.15) is 0 Å². The van der Waals surface area contributed by atoms with Crippen LogP contribution in [0.15, 0.2) is 109 Å². The van der Waals surface area contributed by atoms with E-state index in [-0.39, 0.29) is 0 Å². The van der Waals surface area contributed by atoms with E-state index in [0.717, 1.165) is 0 Å². The van der Waals surface area contributed by atoms with E-state index in [1.807, 2.05) is 0 Å². The minimum absolute atomic E-state index is 1.33. The van der Waals surface area contributed by atoms with Crippen molar-refractivity contribution in [2.75, 3.05) is 0 Å². The van der Waals surface area contributed by atoms with Gasteiger partial charge in [0.2, 0.25) is 0 Å². The highest BCUT2D eigenvalue weighted by Gasteiger charge is 1.98. The topological polar surface area (TPSA) is 0 Å². The molecule has 252 valence electrons.